The molecule has 8 nitrogen and oxygen atoms in total. The zero-order valence-corrected chi connectivity index (χ0v) is 17.2. The molecule has 0 bridgehead atoms. The zero-order chi connectivity index (χ0) is 22.1. The van der Waals surface area contributed by atoms with Gasteiger partial charge in [0.1, 0.15) is 5.82 Å². The van der Waals surface area contributed by atoms with Crippen molar-refractivity contribution in [1.29, 1.82) is 0 Å². The number of nitrogens with one attached hydrogen (secondary N) is 1. The molecule has 0 aliphatic carbocycles. The number of carbonyl (C=O) groups excluding carboxylic acids is 2. The van der Waals surface area contributed by atoms with Gasteiger partial charge in [0.15, 0.2) is 5.69 Å². The molecule has 3 aromatic rings. The summed E-state index contributed by atoms with van der Waals surface area (Å²) in [6.07, 6.45) is 0.480. The van der Waals surface area contributed by atoms with Crippen LogP contribution in [0.4, 0.5) is 10.1 Å². The van der Waals surface area contributed by atoms with Crippen LogP contribution < -0.4 is 15.8 Å². The first kappa shape index (κ1) is 20.7. The smallest absolute Gasteiger partial charge is 0.275 e. The van der Waals surface area contributed by atoms with E-state index in [-0.39, 0.29) is 29.5 Å². The maximum atomic E-state index is 14.1. The highest BCUT2D eigenvalue weighted by Crippen LogP contribution is 2.26. The van der Waals surface area contributed by atoms with Crippen molar-refractivity contribution in [2.45, 2.75) is 19.1 Å². The Bertz CT molecular complexity index is 1230. The van der Waals surface area contributed by atoms with Crippen molar-refractivity contribution < 1.29 is 14.0 Å². The van der Waals surface area contributed by atoms with E-state index in [4.69, 9.17) is 0 Å². The molecule has 1 unspecified atom stereocenters. The fourth-order valence-electron chi connectivity index (χ4n) is 3.91. The van der Waals surface area contributed by atoms with Crippen molar-refractivity contribution in [2.75, 3.05) is 25.5 Å². The highest BCUT2D eigenvalue weighted by Gasteiger charge is 2.36. The van der Waals surface area contributed by atoms with Crippen LogP contribution in [0, 0.1) is 5.82 Å². The average molecular weight is 423 g/mol. The lowest BCUT2D eigenvalue weighted by Gasteiger charge is -2.24. The van der Waals surface area contributed by atoms with E-state index in [1.165, 1.54) is 22.7 Å². The molecule has 31 heavy (non-hydrogen) atoms. The fourth-order valence-corrected chi connectivity index (χ4v) is 3.91. The van der Waals surface area contributed by atoms with Crippen molar-refractivity contribution in [1.82, 2.24) is 20.0 Å². The van der Waals surface area contributed by atoms with Crippen LogP contribution in [0.5, 0.6) is 0 Å². The molecule has 1 N–H and O–H groups in total. The molecule has 1 aliphatic rings. The lowest BCUT2D eigenvalue weighted by atomic mass is 10.1. The van der Waals surface area contributed by atoms with Gasteiger partial charge in [-0.1, -0.05) is 30.3 Å². The van der Waals surface area contributed by atoms with Crippen molar-refractivity contribution in [3.63, 3.8) is 0 Å². The van der Waals surface area contributed by atoms with E-state index in [2.05, 4.69) is 10.4 Å². The first-order valence-corrected chi connectivity index (χ1v) is 9.90. The summed E-state index contributed by atoms with van der Waals surface area (Å²) in [6.45, 7) is 0.382. The van der Waals surface area contributed by atoms with Gasteiger partial charge in [-0.15, -0.1) is 0 Å². The number of likely N-dealkylation sites (N-methyl/N-ethyl adjacent to an activating group) is 1. The number of nitrogens with zero attached hydrogens (tertiary/aromatic N) is 4. The van der Waals surface area contributed by atoms with Gasteiger partial charge in [-0.05, 0) is 31.7 Å². The van der Waals surface area contributed by atoms with Gasteiger partial charge in [0, 0.05) is 19.0 Å². The van der Waals surface area contributed by atoms with Crippen LogP contribution in [0.3, 0.4) is 0 Å². The van der Waals surface area contributed by atoms with Crippen LogP contribution in [0.2, 0.25) is 0 Å². The number of halogens is 1. The molecule has 1 fully saturated rings. The van der Waals surface area contributed by atoms with Gasteiger partial charge in [-0.3, -0.25) is 19.3 Å². The van der Waals surface area contributed by atoms with Crippen LogP contribution in [0.25, 0.3) is 10.8 Å². The van der Waals surface area contributed by atoms with Crippen LogP contribution in [0.1, 0.15) is 16.9 Å². The second-order valence-corrected chi connectivity index (χ2v) is 7.42. The van der Waals surface area contributed by atoms with Crippen LogP contribution >= 0.6 is 0 Å². The summed E-state index contributed by atoms with van der Waals surface area (Å²) in [6, 6.07) is 12.4. The Kier molecular flexibility index (Phi) is 5.51. The molecular weight excluding hydrogens is 401 g/mol. The van der Waals surface area contributed by atoms with Crippen LogP contribution in [-0.2, 0) is 11.5 Å². The summed E-state index contributed by atoms with van der Waals surface area (Å²) in [7, 11) is 3.20. The average Bonchev–Trinajstić information content (AvgIpc) is 3.16. The molecule has 4 rings (SSSR count). The summed E-state index contributed by atoms with van der Waals surface area (Å²) in [5.74, 6) is -1.11. The van der Waals surface area contributed by atoms with Crippen LogP contribution in [-0.4, -0.2) is 53.2 Å². The monoisotopic (exact) mass is 423 g/mol. The molecule has 0 radical (unpaired) electrons. The van der Waals surface area contributed by atoms with Gasteiger partial charge in [-0.25, -0.2) is 9.07 Å². The van der Waals surface area contributed by atoms with Crippen molar-refractivity contribution in [3.05, 3.63) is 70.4 Å². The number of fused-ring (bicyclic) bond motifs is 1. The molecule has 1 aliphatic heterocycles. The van der Waals surface area contributed by atoms with E-state index in [1.54, 1.807) is 54.4 Å². The first-order chi connectivity index (χ1) is 14.9. The summed E-state index contributed by atoms with van der Waals surface area (Å²) in [5, 5.41) is 7.64. The second-order valence-electron chi connectivity index (χ2n) is 7.42. The summed E-state index contributed by atoms with van der Waals surface area (Å²) in [4.78, 5) is 41.3. The van der Waals surface area contributed by atoms with Gasteiger partial charge in [-0.2, -0.15) is 5.10 Å². The van der Waals surface area contributed by atoms with Crippen molar-refractivity contribution in [2.24, 2.45) is 0 Å². The Morgan fingerprint density at radius 2 is 1.84 bits per heavy atom. The minimum atomic E-state index is -0.539. The topological polar surface area (TPSA) is 87.5 Å². The SMILES string of the molecule is CNC(=O)c1nn(CN(C)C2CCN(c3ccccc3F)C2=O)c(=O)c2ccccc12. The minimum Gasteiger partial charge on any atom is -0.354 e. The van der Waals surface area contributed by atoms with Crippen LogP contribution in [0.15, 0.2) is 53.3 Å². The molecule has 1 aromatic heterocycles. The fraction of sp³-hybridized carbons (Fsp3) is 0.273. The minimum absolute atomic E-state index is 0.00911. The number of hydrogen-bond donors (Lipinski definition) is 1. The molecular formula is C22H22FN5O3. The quantitative estimate of drug-likeness (QED) is 0.674. The Morgan fingerprint density at radius 1 is 1.16 bits per heavy atom. The molecule has 2 heterocycles. The van der Waals surface area contributed by atoms with Gasteiger partial charge >= 0.3 is 0 Å². The molecule has 9 heteroatoms. The van der Waals surface area contributed by atoms with E-state index >= 15 is 0 Å². The first-order valence-electron chi connectivity index (χ1n) is 9.90. The predicted octanol–water partition coefficient (Wildman–Crippen LogP) is 1.59. The molecule has 160 valence electrons. The summed E-state index contributed by atoms with van der Waals surface area (Å²) in [5.41, 5.74) is 0.0228. The predicted molar refractivity (Wildman–Crippen MR) is 114 cm³/mol. The number of anilines is 1. The van der Waals surface area contributed by atoms with Crippen molar-refractivity contribution in [3.8, 4) is 0 Å². The van der Waals surface area contributed by atoms with Gasteiger partial charge in [0.05, 0.1) is 23.8 Å². The standard InChI is InChI=1S/C22H22FN5O3/c1-24-20(29)19-14-7-3-4-8-15(14)21(30)28(25-19)13-26(2)18-11-12-27(22(18)31)17-10-6-5-9-16(17)23/h3-10,18H,11-13H2,1-2H3,(H,24,29). The number of carbonyl (C=O) groups is 2. The Labute approximate surface area is 177 Å². The number of amides is 2. The summed E-state index contributed by atoms with van der Waals surface area (Å²) >= 11 is 0. The Hall–Kier alpha value is -3.59. The lowest BCUT2D eigenvalue weighted by Crippen LogP contribution is -2.43. The molecule has 2 amide bonds. The van der Waals surface area contributed by atoms with E-state index in [9.17, 15) is 18.8 Å². The third-order valence-corrected chi connectivity index (χ3v) is 5.52. The largest absolute Gasteiger partial charge is 0.354 e. The second kappa shape index (κ2) is 8.27. The normalized spacial score (nSPS) is 16.3. The molecule has 0 spiro atoms. The number of para-hydroxylation sites is 1. The Morgan fingerprint density at radius 3 is 2.55 bits per heavy atom. The van der Waals surface area contributed by atoms with E-state index in [0.29, 0.717) is 23.7 Å². The van der Waals surface area contributed by atoms with E-state index in [0.717, 1.165) is 0 Å². The number of aromatic nitrogens is 2. The van der Waals surface area contributed by atoms with Gasteiger partial charge in [0.25, 0.3) is 11.5 Å². The molecule has 1 atom stereocenters. The van der Waals surface area contributed by atoms with Crippen molar-refractivity contribution >= 4 is 28.3 Å². The molecule has 2 aromatic carbocycles. The number of hydrogen-bond acceptors (Lipinski definition) is 5. The van der Waals surface area contributed by atoms with Gasteiger partial charge in [0.2, 0.25) is 5.91 Å². The maximum absolute atomic E-state index is 14.1. The molecule has 1 saturated heterocycles. The summed E-state index contributed by atoms with van der Waals surface area (Å²) < 4.78 is 15.3. The highest BCUT2D eigenvalue weighted by atomic mass is 19.1. The van der Waals surface area contributed by atoms with Gasteiger partial charge < -0.3 is 10.2 Å². The Balaban J connectivity index is 1.63. The van der Waals surface area contributed by atoms with E-state index in [1.807, 2.05) is 0 Å². The third-order valence-electron chi connectivity index (χ3n) is 5.52. The number of benzene rings is 2. The highest BCUT2D eigenvalue weighted by molar-refractivity contribution is 6.04. The zero-order valence-electron chi connectivity index (χ0n) is 17.2. The maximum Gasteiger partial charge on any atom is 0.275 e. The number of rotatable bonds is 5. The van der Waals surface area contributed by atoms with E-state index < -0.39 is 17.8 Å². The molecule has 0 saturated carbocycles. The third kappa shape index (κ3) is 3.68. The lowest BCUT2D eigenvalue weighted by molar-refractivity contribution is -0.121.